The van der Waals surface area contributed by atoms with Crippen molar-refractivity contribution in [2.45, 2.75) is 70.2 Å². The third kappa shape index (κ3) is 2.96. The normalized spacial score (nSPS) is 42.7. The molecule has 1 aromatic carbocycles. The molecule has 1 saturated carbocycles. The first-order valence-electron chi connectivity index (χ1n) is 11.5. The molecule has 2 aliphatic carbocycles. The average Bonchev–Trinajstić information content (AvgIpc) is 3.19. The van der Waals surface area contributed by atoms with Gasteiger partial charge in [-0.25, -0.2) is 0 Å². The van der Waals surface area contributed by atoms with Gasteiger partial charge in [-0.3, -0.25) is 0 Å². The predicted molar refractivity (Wildman–Crippen MR) is 122 cm³/mol. The number of fused-ring (bicyclic) bond motifs is 5. The van der Waals surface area contributed by atoms with Crippen molar-refractivity contribution >= 4 is 0 Å². The van der Waals surface area contributed by atoms with Crippen LogP contribution in [0, 0.1) is 24.2 Å². The zero-order valence-electron chi connectivity index (χ0n) is 20.4. The van der Waals surface area contributed by atoms with E-state index in [4.69, 9.17) is 23.7 Å². The Hall–Kier alpha value is -1.44. The SMILES string of the molecule is C=CC[C@@]1(CO)[C@H](C)C2O[C@](C)(OC)[C@@](C)(OC)OC2[C@H]2Cc3c(ccc(OC)c3C)[C@H]21. The van der Waals surface area contributed by atoms with Crippen molar-refractivity contribution in [2.75, 3.05) is 27.9 Å². The Kier molecular flexibility index (Phi) is 6.00. The van der Waals surface area contributed by atoms with Crippen LogP contribution in [0.15, 0.2) is 24.8 Å². The van der Waals surface area contributed by atoms with Crippen LogP contribution in [0.1, 0.15) is 49.8 Å². The molecule has 178 valence electrons. The van der Waals surface area contributed by atoms with Gasteiger partial charge in [0.1, 0.15) is 5.75 Å². The van der Waals surface area contributed by atoms with Crippen LogP contribution in [0.25, 0.3) is 0 Å². The molecule has 3 aliphatic rings. The minimum absolute atomic E-state index is 0.000916. The van der Waals surface area contributed by atoms with Crippen molar-refractivity contribution in [3.05, 3.63) is 41.5 Å². The molecule has 0 spiro atoms. The summed E-state index contributed by atoms with van der Waals surface area (Å²) in [6, 6.07) is 4.22. The second-order valence-corrected chi connectivity index (χ2v) is 9.94. The average molecular weight is 447 g/mol. The second-order valence-electron chi connectivity index (χ2n) is 9.94. The van der Waals surface area contributed by atoms with Crippen LogP contribution in [0.4, 0.5) is 0 Å². The van der Waals surface area contributed by atoms with Gasteiger partial charge in [-0.05, 0) is 74.1 Å². The minimum atomic E-state index is -1.08. The van der Waals surface area contributed by atoms with Crippen LogP contribution in [-0.2, 0) is 25.4 Å². The van der Waals surface area contributed by atoms with E-state index in [1.807, 2.05) is 26.0 Å². The monoisotopic (exact) mass is 446 g/mol. The summed E-state index contributed by atoms with van der Waals surface area (Å²) in [5.74, 6) is -1.02. The van der Waals surface area contributed by atoms with Gasteiger partial charge < -0.3 is 28.8 Å². The number of allylic oxidation sites excluding steroid dienone is 1. The zero-order valence-corrected chi connectivity index (χ0v) is 20.4. The zero-order chi connectivity index (χ0) is 23.5. The Morgan fingerprint density at radius 1 is 1.12 bits per heavy atom. The molecular formula is C26H38O6. The van der Waals surface area contributed by atoms with Crippen molar-refractivity contribution in [1.82, 2.24) is 0 Å². The summed E-state index contributed by atoms with van der Waals surface area (Å²) in [6.45, 7) is 12.1. The van der Waals surface area contributed by atoms with Crippen molar-refractivity contribution in [1.29, 1.82) is 0 Å². The fraction of sp³-hybridized carbons (Fsp3) is 0.692. The molecule has 6 nitrogen and oxygen atoms in total. The standard InChI is InChI=1S/C26H38O6/c1-9-12-26(14-27)16(3)22-23(32-25(5,30-8)24(4,29-7)31-22)19-13-18-15(2)20(28-6)11-10-17(18)21(19)26/h9-11,16,19,21-23,27H,1,12-14H2,2-8H3/t16-,19+,21-,22?,23?,24+,25+,26-/m1/s1. The first-order valence-corrected chi connectivity index (χ1v) is 11.5. The van der Waals surface area contributed by atoms with Gasteiger partial charge in [-0.1, -0.05) is 19.1 Å². The number of aliphatic hydroxyl groups is 1. The fourth-order valence-corrected chi connectivity index (χ4v) is 6.72. The molecule has 6 heteroatoms. The van der Waals surface area contributed by atoms with E-state index in [1.165, 1.54) is 11.1 Å². The van der Waals surface area contributed by atoms with Crippen LogP contribution in [0.5, 0.6) is 5.75 Å². The van der Waals surface area contributed by atoms with Crippen LogP contribution in [0.2, 0.25) is 0 Å². The van der Waals surface area contributed by atoms with E-state index in [1.54, 1.807) is 21.3 Å². The third-order valence-corrected chi connectivity index (χ3v) is 8.92. The van der Waals surface area contributed by atoms with Crippen molar-refractivity contribution in [3.63, 3.8) is 0 Å². The Morgan fingerprint density at radius 3 is 2.28 bits per heavy atom. The molecule has 0 aromatic heterocycles. The highest BCUT2D eigenvalue weighted by molar-refractivity contribution is 5.51. The van der Waals surface area contributed by atoms with Gasteiger partial charge in [0.2, 0.25) is 11.6 Å². The summed E-state index contributed by atoms with van der Waals surface area (Å²) < 4.78 is 30.7. The number of rotatable bonds is 6. The van der Waals surface area contributed by atoms with Crippen LogP contribution >= 0.6 is 0 Å². The first kappa shape index (κ1) is 23.7. The smallest absolute Gasteiger partial charge is 0.220 e. The third-order valence-electron chi connectivity index (χ3n) is 8.92. The van der Waals surface area contributed by atoms with E-state index in [0.717, 1.165) is 17.7 Å². The molecular weight excluding hydrogens is 408 g/mol. The second kappa shape index (κ2) is 8.10. The number of aliphatic hydroxyl groups excluding tert-OH is 1. The molecule has 0 bridgehead atoms. The van der Waals surface area contributed by atoms with Gasteiger partial charge in [-0.15, -0.1) is 6.58 Å². The molecule has 0 amide bonds. The quantitative estimate of drug-likeness (QED) is 0.667. The Balaban J connectivity index is 1.89. The lowest BCUT2D eigenvalue weighted by Gasteiger charge is -2.62. The van der Waals surface area contributed by atoms with Gasteiger partial charge in [0.15, 0.2) is 0 Å². The minimum Gasteiger partial charge on any atom is -0.496 e. The van der Waals surface area contributed by atoms with Crippen LogP contribution < -0.4 is 4.74 Å². The number of benzene rings is 1. The molecule has 1 aliphatic heterocycles. The molecule has 32 heavy (non-hydrogen) atoms. The van der Waals surface area contributed by atoms with E-state index in [0.29, 0.717) is 6.42 Å². The summed E-state index contributed by atoms with van der Waals surface area (Å²) in [4.78, 5) is 0. The molecule has 0 radical (unpaired) electrons. The van der Waals surface area contributed by atoms with Crippen LogP contribution in [-0.4, -0.2) is 56.8 Å². The molecule has 1 heterocycles. The van der Waals surface area contributed by atoms with E-state index in [2.05, 4.69) is 26.5 Å². The summed E-state index contributed by atoms with van der Waals surface area (Å²) in [6.07, 6.45) is 2.99. The highest BCUT2D eigenvalue weighted by atomic mass is 16.8. The number of ether oxygens (including phenoxy) is 5. The summed E-state index contributed by atoms with van der Waals surface area (Å²) >= 11 is 0. The lowest BCUT2D eigenvalue weighted by Crippen LogP contribution is -2.71. The fourth-order valence-electron chi connectivity index (χ4n) is 6.72. The van der Waals surface area contributed by atoms with Crippen molar-refractivity contribution in [3.8, 4) is 5.75 Å². The molecule has 2 unspecified atom stereocenters. The summed E-state index contributed by atoms with van der Waals surface area (Å²) in [5, 5.41) is 10.9. The highest BCUT2D eigenvalue weighted by Gasteiger charge is 2.67. The Labute approximate surface area is 191 Å². The first-order chi connectivity index (χ1) is 15.2. The highest BCUT2D eigenvalue weighted by Crippen LogP contribution is 2.63. The van der Waals surface area contributed by atoms with Gasteiger partial charge >= 0.3 is 0 Å². The maximum Gasteiger partial charge on any atom is 0.220 e. The number of hydrogen-bond donors (Lipinski definition) is 1. The van der Waals surface area contributed by atoms with E-state index < -0.39 is 17.0 Å². The van der Waals surface area contributed by atoms with E-state index in [-0.39, 0.29) is 36.6 Å². The largest absolute Gasteiger partial charge is 0.496 e. The number of hydrogen-bond acceptors (Lipinski definition) is 6. The molecule has 4 rings (SSSR count). The molecule has 8 atom stereocenters. The van der Waals surface area contributed by atoms with Crippen molar-refractivity contribution in [2.24, 2.45) is 17.3 Å². The summed E-state index contributed by atoms with van der Waals surface area (Å²) in [7, 11) is 4.94. The van der Waals surface area contributed by atoms with E-state index in [9.17, 15) is 5.11 Å². The molecule has 1 N–H and O–H groups in total. The molecule has 1 aromatic rings. The summed E-state index contributed by atoms with van der Waals surface area (Å²) in [5.41, 5.74) is 3.30. The predicted octanol–water partition coefficient (Wildman–Crippen LogP) is 3.97. The Morgan fingerprint density at radius 2 is 1.75 bits per heavy atom. The topological polar surface area (TPSA) is 66.4 Å². The maximum absolute atomic E-state index is 10.9. The van der Waals surface area contributed by atoms with Crippen LogP contribution in [0.3, 0.4) is 0 Å². The maximum atomic E-state index is 10.9. The molecule has 1 saturated heterocycles. The van der Waals surface area contributed by atoms with Crippen molar-refractivity contribution < 1.29 is 28.8 Å². The Bertz CT molecular complexity index is 885. The van der Waals surface area contributed by atoms with Gasteiger partial charge in [0, 0.05) is 26.2 Å². The van der Waals surface area contributed by atoms with Gasteiger partial charge in [-0.2, -0.15) is 0 Å². The number of methoxy groups -OCH3 is 3. The molecule has 2 fully saturated rings. The van der Waals surface area contributed by atoms with E-state index >= 15 is 0 Å². The van der Waals surface area contributed by atoms with Gasteiger partial charge in [0.25, 0.3) is 0 Å². The van der Waals surface area contributed by atoms with Gasteiger partial charge in [0.05, 0.1) is 19.3 Å². The lowest BCUT2D eigenvalue weighted by molar-refractivity contribution is -0.465. The lowest BCUT2D eigenvalue weighted by atomic mass is 9.53.